The molecule has 1 aliphatic heterocycles. The number of ether oxygens (including phenoxy) is 1. The van der Waals surface area contributed by atoms with E-state index in [1.165, 1.54) is 10.5 Å². The smallest absolute Gasteiger partial charge is 0.319 e. The number of carbonyl (C=O) groups excluding carboxylic acids is 1. The molecule has 3 nitrogen and oxygen atoms in total. The predicted octanol–water partition coefficient (Wildman–Crippen LogP) is 2.03. The van der Waals surface area contributed by atoms with Crippen LogP contribution in [0.3, 0.4) is 0 Å². The lowest BCUT2D eigenvalue weighted by atomic mass is 10.0. The van der Waals surface area contributed by atoms with Crippen molar-refractivity contribution in [2.24, 2.45) is 0 Å². The van der Waals surface area contributed by atoms with E-state index in [1.807, 2.05) is 18.7 Å². The summed E-state index contributed by atoms with van der Waals surface area (Å²) in [6.07, 6.45) is 0. The van der Waals surface area contributed by atoms with Crippen molar-refractivity contribution in [1.29, 1.82) is 0 Å². The van der Waals surface area contributed by atoms with Crippen LogP contribution in [-0.4, -0.2) is 31.4 Å². The highest BCUT2D eigenvalue weighted by atomic mass is 32.2. The zero-order valence-corrected chi connectivity index (χ0v) is 10.8. The van der Waals surface area contributed by atoms with Crippen LogP contribution >= 0.6 is 11.8 Å². The summed E-state index contributed by atoms with van der Waals surface area (Å²) in [4.78, 5) is 12.5. The zero-order chi connectivity index (χ0) is 12.1. The van der Waals surface area contributed by atoms with Crippen molar-refractivity contribution < 1.29 is 9.53 Å². The fourth-order valence-electron chi connectivity index (χ4n) is 1.96. The second kappa shape index (κ2) is 6.07. The Bertz CT molecular complexity index is 395. The topological polar surface area (TPSA) is 38.3 Å². The van der Waals surface area contributed by atoms with E-state index in [0.717, 1.165) is 12.3 Å². The molecule has 0 aromatic heterocycles. The maximum atomic E-state index is 11.2. The van der Waals surface area contributed by atoms with Gasteiger partial charge in [0.1, 0.15) is 0 Å². The quantitative estimate of drug-likeness (QED) is 0.813. The molecule has 0 aliphatic carbocycles. The van der Waals surface area contributed by atoms with Gasteiger partial charge >= 0.3 is 5.97 Å². The second-order valence-electron chi connectivity index (χ2n) is 3.98. The Kier molecular flexibility index (Phi) is 4.45. The lowest BCUT2D eigenvalue weighted by Gasteiger charge is -2.11. The Balaban J connectivity index is 1.80. The first-order chi connectivity index (χ1) is 8.31. The molecule has 1 atom stereocenters. The molecule has 2 rings (SSSR count). The van der Waals surface area contributed by atoms with E-state index in [0.29, 0.717) is 19.1 Å². The first kappa shape index (κ1) is 12.5. The molecule has 0 radical (unpaired) electrons. The van der Waals surface area contributed by atoms with Gasteiger partial charge in [0.15, 0.2) is 0 Å². The summed E-state index contributed by atoms with van der Waals surface area (Å²) in [5, 5.41) is 3.16. The van der Waals surface area contributed by atoms with Crippen LogP contribution in [0.2, 0.25) is 0 Å². The van der Waals surface area contributed by atoms with Crippen molar-refractivity contribution in [2.75, 3.05) is 25.4 Å². The Morgan fingerprint density at radius 2 is 2.35 bits per heavy atom. The van der Waals surface area contributed by atoms with Crippen molar-refractivity contribution in [1.82, 2.24) is 5.32 Å². The molecule has 0 saturated heterocycles. The predicted molar refractivity (Wildman–Crippen MR) is 69.4 cm³/mol. The van der Waals surface area contributed by atoms with Gasteiger partial charge in [0, 0.05) is 23.1 Å². The maximum absolute atomic E-state index is 11.2. The molecule has 92 valence electrons. The van der Waals surface area contributed by atoms with Gasteiger partial charge in [-0.3, -0.25) is 4.79 Å². The van der Waals surface area contributed by atoms with Crippen molar-refractivity contribution in [2.45, 2.75) is 17.7 Å². The number of thioether (sulfide) groups is 1. The van der Waals surface area contributed by atoms with Crippen LogP contribution in [0.25, 0.3) is 0 Å². The van der Waals surface area contributed by atoms with Crippen LogP contribution in [0.5, 0.6) is 0 Å². The molecular weight excluding hydrogens is 234 g/mol. The number of hydrogen-bond acceptors (Lipinski definition) is 4. The van der Waals surface area contributed by atoms with Crippen LogP contribution in [0, 0.1) is 0 Å². The van der Waals surface area contributed by atoms with Crippen molar-refractivity contribution in [3.8, 4) is 0 Å². The van der Waals surface area contributed by atoms with Crippen molar-refractivity contribution in [3.63, 3.8) is 0 Å². The van der Waals surface area contributed by atoms with Crippen LogP contribution < -0.4 is 5.32 Å². The van der Waals surface area contributed by atoms with E-state index in [9.17, 15) is 4.79 Å². The number of hydrogen-bond donors (Lipinski definition) is 1. The molecule has 1 aliphatic rings. The summed E-state index contributed by atoms with van der Waals surface area (Å²) in [6, 6.07) is 8.47. The van der Waals surface area contributed by atoms with E-state index in [4.69, 9.17) is 4.74 Å². The number of nitrogens with one attached hydrogen (secondary N) is 1. The SMILES string of the molecule is CCOC(=O)CNCC1CSc2ccccc21. The summed E-state index contributed by atoms with van der Waals surface area (Å²) in [5.74, 6) is 1.42. The fraction of sp³-hybridized carbons (Fsp3) is 0.462. The fourth-order valence-corrected chi connectivity index (χ4v) is 3.21. The minimum Gasteiger partial charge on any atom is -0.465 e. The van der Waals surface area contributed by atoms with Gasteiger partial charge in [-0.2, -0.15) is 0 Å². The Morgan fingerprint density at radius 3 is 3.18 bits per heavy atom. The summed E-state index contributed by atoms with van der Waals surface area (Å²) in [7, 11) is 0. The molecule has 1 N–H and O–H groups in total. The second-order valence-corrected chi connectivity index (χ2v) is 5.04. The van der Waals surface area contributed by atoms with Crippen molar-refractivity contribution >= 4 is 17.7 Å². The van der Waals surface area contributed by atoms with E-state index < -0.39 is 0 Å². The Morgan fingerprint density at radius 1 is 1.53 bits per heavy atom. The highest BCUT2D eigenvalue weighted by Gasteiger charge is 2.22. The van der Waals surface area contributed by atoms with Gasteiger partial charge in [-0.15, -0.1) is 11.8 Å². The molecule has 1 aromatic carbocycles. The molecule has 0 amide bonds. The molecule has 0 saturated carbocycles. The third-order valence-electron chi connectivity index (χ3n) is 2.76. The minimum atomic E-state index is -0.175. The van der Waals surface area contributed by atoms with Gasteiger partial charge in [-0.25, -0.2) is 0 Å². The standard InChI is InChI=1S/C13H17NO2S/c1-2-16-13(15)8-14-7-10-9-17-12-6-4-3-5-11(10)12/h3-6,10,14H,2,7-9H2,1H3. The Labute approximate surface area is 106 Å². The Hall–Kier alpha value is -1.00. The monoisotopic (exact) mass is 251 g/mol. The van der Waals surface area contributed by atoms with Crippen molar-refractivity contribution in [3.05, 3.63) is 29.8 Å². The summed E-state index contributed by atoms with van der Waals surface area (Å²) in [6.45, 7) is 3.41. The summed E-state index contributed by atoms with van der Waals surface area (Å²) < 4.78 is 4.87. The average molecular weight is 251 g/mol. The number of fused-ring (bicyclic) bond motifs is 1. The van der Waals surface area contributed by atoms with Gasteiger partial charge in [0.25, 0.3) is 0 Å². The van der Waals surface area contributed by atoms with Gasteiger partial charge in [-0.05, 0) is 18.6 Å². The first-order valence-corrected chi connectivity index (χ1v) is 6.88. The largest absolute Gasteiger partial charge is 0.465 e. The minimum absolute atomic E-state index is 0.175. The molecule has 0 fully saturated rings. The third kappa shape index (κ3) is 3.23. The highest BCUT2D eigenvalue weighted by Crippen LogP contribution is 2.38. The molecular formula is C13H17NO2S. The number of esters is 1. The maximum Gasteiger partial charge on any atom is 0.319 e. The first-order valence-electron chi connectivity index (χ1n) is 5.89. The lowest BCUT2D eigenvalue weighted by Crippen LogP contribution is -2.28. The van der Waals surface area contributed by atoms with Gasteiger partial charge in [0.2, 0.25) is 0 Å². The molecule has 0 spiro atoms. The third-order valence-corrected chi connectivity index (χ3v) is 4.02. The summed E-state index contributed by atoms with van der Waals surface area (Å²) in [5.41, 5.74) is 1.40. The normalized spacial score (nSPS) is 17.8. The van der Waals surface area contributed by atoms with Gasteiger partial charge in [0.05, 0.1) is 13.2 Å². The summed E-state index contributed by atoms with van der Waals surface area (Å²) >= 11 is 1.89. The molecule has 17 heavy (non-hydrogen) atoms. The van der Waals surface area contributed by atoms with Gasteiger partial charge < -0.3 is 10.1 Å². The number of benzene rings is 1. The van der Waals surface area contributed by atoms with Gasteiger partial charge in [-0.1, -0.05) is 18.2 Å². The molecule has 1 heterocycles. The van der Waals surface area contributed by atoms with Crippen LogP contribution in [0.4, 0.5) is 0 Å². The van der Waals surface area contributed by atoms with E-state index in [1.54, 1.807) is 0 Å². The lowest BCUT2D eigenvalue weighted by molar-refractivity contribution is -0.141. The molecule has 1 aromatic rings. The van der Waals surface area contributed by atoms with E-state index >= 15 is 0 Å². The van der Waals surface area contributed by atoms with Crippen LogP contribution in [0.15, 0.2) is 29.2 Å². The highest BCUT2D eigenvalue weighted by molar-refractivity contribution is 7.99. The molecule has 0 bridgehead atoms. The molecule has 4 heteroatoms. The number of carbonyl (C=O) groups is 1. The number of rotatable bonds is 5. The van der Waals surface area contributed by atoms with E-state index in [2.05, 4.69) is 29.6 Å². The molecule has 1 unspecified atom stereocenters. The average Bonchev–Trinajstić information content (AvgIpc) is 2.73. The van der Waals surface area contributed by atoms with E-state index in [-0.39, 0.29) is 5.97 Å². The zero-order valence-electron chi connectivity index (χ0n) is 9.94. The van der Waals surface area contributed by atoms with Crippen LogP contribution in [0.1, 0.15) is 18.4 Å². The van der Waals surface area contributed by atoms with Crippen LogP contribution in [-0.2, 0) is 9.53 Å².